The van der Waals surface area contributed by atoms with Gasteiger partial charge in [0.2, 0.25) is 0 Å². The number of aliphatic hydroxyl groups is 1. The van der Waals surface area contributed by atoms with Crippen LogP contribution in [0.3, 0.4) is 0 Å². The minimum Gasteiger partial charge on any atom is -0.465 e. The normalized spacial score (nSPS) is 33.5. The van der Waals surface area contributed by atoms with E-state index in [0.29, 0.717) is 0 Å². The van der Waals surface area contributed by atoms with Crippen LogP contribution in [-0.2, 0) is 42.8 Å². The SMILES string of the molecule is CC(=O)OC[C@@]12[C@@H](OC(=O)c3ccccc3)C[C@H]3[C@@H](OC(C)=O)[C@@]1(OC3(C)C)[C@](C)(O)C[C@H](OC(C)=O)[C@@H]2OC(=O)c1cccnc1. The van der Waals surface area contributed by atoms with Crippen molar-refractivity contribution < 1.29 is 57.5 Å². The van der Waals surface area contributed by atoms with Crippen LogP contribution in [0.5, 0.6) is 0 Å². The van der Waals surface area contributed by atoms with Gasteiger partial charge in [-0.15, -0.1) is 0 Å². The van der Waals surface area contributed by atoms with Crippen molar-refractivity contribution in [1.29, 1.82) is 0 Å². The second-order valence-electron chi connectivity index (χ2n) is 13.1. The zero-order valence-corrected chi connectivity index (χ0v) is 27.1. The first-order chi connectivity index (χ1) is 22.1. The number of nitrogens with zero attached hydrogens (tertiary/aromatic N) is 1. The summed E-state index contributed by atoms with van der Waals surface area (Å²) in [6, 6.07) is 11.1. The molecule has 5 rings (SSSR count). The van der Waals surface area contributed by atoms with E-state index in [0.717, 1.165) is 13.8 Å². The Hall–Kier alpha value is -4.36. The van der Waals surface area contributed by atoms with E-state index in [-0.39, 0.29) is 24.0 Å². The van der Waals surface area contributed by atoms with Crippen LogP contribution in [-0.4, -0.2) is 87.8 Å². The number of hydrogen-bond donors (Lipinski definition) is 1. The molecule has 8 atom stereocenters. The Balaban J connectivity index is 1.81. The summed E-state index contributed by atoms with van der Waals surface area (Å²) in [5.41, 5.74) is -7.00. The van der Waals surface area contributed by atoms with Crippen molar-refractivity contribution in [1.82, 2.24) is 4.98 Å². The van der Waals surface area contributed by atoms with Crippen molar-refractivity contribution in [2.75, 3.05) is 6.61 Å². The lowest BCUT2D eigenvalue weighted by Gasteiger charge is -2.65. The fraction of sp³-hybridized carbons (Fsp3) is 0.529. The summed E-state index contributed by atoms with van der Waals surface area (Å²) in [6.45, 7) is 7.76. The number of aromatic nitrogens is 1. The Morgan fingerprint density at radius 2 is 1.47 bits per heavy atom. The molecule has 0 radical (unpaired) electrons. The lowest BCUT2D eigenvalue weighted by Crippen LogP contribution is -2.83. The van der Waals surface area contributed by atoms with E-state index in [1.54, 1.807) is 44.2 Å². The largest absolute Gasteiger partial charge is 0.465 e. The molecule has 1 N–H and O–H groups in total. The maximum Gasteiger partial charge on any atom is 0.340 e. The van der Waals surface area contributed by atoms with Gasteiger partial charge in [-0.05, 0) is 51.5 Å². The van der Waals surface area contributed by atoms with Gasteiger partial charge in [-0.1, -0.05) is 18.2 Å². The summed E-state index contributed by atoms with van der Waals surface area (Å²) in [6.07, 6.45) is -3.15. The van der Waals surface area contributed by atoms with E-state index in [9.17, 15) is 29.1 Å². The van der Waals surface area contributed by atoms with Gasteiger partial charge in [-0.3, -0.25) is 19.4 Å². The quantitative estimate of drug-likeness (QED) is 0.326. The molecular weight excluding hydrogens is 614 g/mol. The molecule has 3 aliphatic rings. The van der Waals surface area contributed by atoms with E-state index in [2.05, 4.69) is 4.98 Å². The number of benzene rings is 1. The number of ether oxygens (including phenoxy) is 6. The minimum absolute atomic E-state index is 0.0406. The number of esters is 5. The van der Waals surface area contributed by atoms with Crippen LogP contribution in [0.25, 0.3) is 0 Å². The van der Waals surface area contributed by atoms with Gasteiger partial charge < -0.3 is 33.5 Å². The van der Waals surface area contributed by atoms with Crippen LogP contribution in [0.1, 0.15) is 75.1 Å². The summed E-state index contributed by atoms with van der Waals surface area (Å²) in [7, 11) is 0. The molecule has 1 saturated heterocycles. The monoisotopic (exact) mass is 653 g/mol. The molecule has 1 aromatic heterocycles. The van der Waals surface area contributed by atoms with E-state index < -0.39 is 89.0 Å². The second kappa shape index (κ2) is 12.3. The second-order valence-corrected chi connectivity index (χ2v) is 13.1. The zero-order valence-electron chi connectivity index (χ0n) is 27.1. The third kappa shape index (κ3) is 5.75. The number of carbonyl (C=O) groups excluding carboxylic acids is 5. The molecule has 1 spiro atoms. The fourth-order valence-corrected chi connectivity index (χ4v) is 7.87. The summed E-state index contributed by atoms with van der Waals surface area (Å²) < 4.78 is 36.7. The van der Waals surface area contributed by atoms with Crippen LogP contribution < -0.4 is 0 Å². The summed E-state index contributed by atoms with van der Waals surface area (Å²) in [5.74, 6) is -4.53. The van der Waals surface area contributed by atoms with Crippen molar-refractivity contribution >= 4 is 29.8 Å². The van der Waals surface area contributed by atoms with Gasteiger partial charge in [0, 0.05) is 45.5 Å². The van der Waals surface area contributed by atoms with E-state index >= 15 is 0 Å². The smallest absolute Gasteiger partial charge is 0.340 e. The van der Waals surface area contributed by atoms with Crippen molar-refractivity contribution in [3.63, 3.8) is 0 Å². The molecule has 252 valence electrons. The Morgan fingerprint density at radius 3 is 2.06 bits per heavy atom. The number of fused-ring (bicyclic) bond motifs is 1. The van der Waals surface area contributed by atoms with Crippen molar-refractivity contribution in [3.8, 4) is 0 Å². The lowest BCUT2D eigenvalue weighted by atomic mass is 9.46. The Kier molecular flexibility index (Phi) is 8.93. The molecule has 0 amide bonds. The van der Waals surface area contributed by atoms with E-state index in [1.807, 2.05) is 0 Å². The number of carbonyl (C=O) groups is 5. The number of pyridine rings is 1. The molecule has 47 heavy (non-hydrogen) atoms. The molecule has 0 unspecified atom stereocenters. The van der Waals surface area contributed by atoms with Gasteiger partial charge in [0.1, 0.15) is 30.3 Å². The van der Waals surface area contributed by atoms with E-state index in [4.69, 9.17) is 28.4 Å². The lowest BCUT2D eigenvalue weighted by molar-refractivity contribution is -0.354. The number of rotatable bonds is 8. The first kappa shape index (κ1) is 34.0. The molecule has 2 saturated carbocycles. The maximum atomic E-state index is 13.8. The predicted octanol–water partition coefficient (Wildman–Crippen LogP) is 2.97. The summed E-state index contributed by atoms with van der Waals surface area (Å²) in [5, 5.41) is 12.6. The van der Waals surface area contributed by atoms with Gasteiger partial charge in [-0.25, -0.2) is 9.59 Å². The molecule has 2 bridgehead atoms. The Morgan fingerprint density at radius 1 is 0.830 bits per heavy atom. The van der Waals surface area contributed by atoms with Gasteiger partial charge in [-0.2, -0.15) is 0 Å². The zero-order chi connectivity index (χ0) is 34.4. The third-order valence-corrected chi connectivity index (χ3v) is 9.58. The van der Waals surface area contributed by atoms with Crippen molar-refractivity contribution in [2.45, 2.75) is 95.6 Å². The highest BCUT2D eigenvalue weighted by Crippen LogP contribution is 2.69. The van der Waals surface area contributed by atoms with Gasteiger partial charge in [0.15, 0.2) is 11.7 Å². The molecule has 2 heterocycles. The van der Waals surface area contributed by atoms with Crippen LogP contribution in [0.15, 0.2) is 54.9 Å². The fourth-order valence-electron chi connectivity index (χ4n) is 7.87. The van der Waals surface area contributed by atoms with E-state index in [1.165, 1.54) is 38.4 Å². The van der Waals surface area contributed by atoms with Crippen LogP contribution in [0, 0.1) is 11.3 Å². The molecule has 2 aromatic rings. The Bertz CT molecular complexity index is 1540. The molecule has 1 aromatic carbocycles. The molecule has 1 aliphatic heterocycles. The van der Waals surface area contributed by atoms with Crippen molar-refractivity contribution in [3.05, 3.63) is 66.0 Å². The first-order valence-electron chi connectivity index (χ1n) is 15.3. The predicted molar refractivity (Wildman–Crippen MR) is 161 cm³/mol. The van der Waals surface area contributed by atoms with Crippen molar-refractivity contribution in [2.24, 2.45) is 11.3 Å². The molecule has 2 aliphatic carbocycles. The molecule has 13 heteroatoms. The first-order valence-corrected chi connectivity index (χ1v) is 15.3. The highest BCUT2D eigenvalue weighted by molar-refractivity contribution is 5.90. The van der Waals surface area contributed by atoms with Gasteiger partial charge in [0.25, 0.3) is 0 Å². The highest BCUT2D eigenvalue weighted by Gasteiger charge is 2.86. The third-order valence-electron chi connectivity index (χ3n) is 9.58. The summed E-state index contributed by atoms with van der Waals surface area (Å²) >= 11 is 0. The molecule has 13 nitrogen and oxygen atoms in total. The molecule has 3 fully saturated rings. The average molecular weight is 654 g/mol. The van der Waals surface area contributed by atoms with Gasteiger partial charge in [0.05, 0.1) is 22.3 Å². The average Bonchev–Trinajstić information content (AvgIpc) is 3.16. The standard InChI is InChI=1S/C34H39NO12/c1-19(36)42-18-33-26(45-29(39)22-11-8-7-9-12-22)15-24-27(44-21(3)38)34(33,47-31(24,4)5)32(6,41)16-25(43-20(2)37)28(33)46-30(40)23-13-10-14-35-17-23/h7-14,17,24-28,41H,15-16,18H2,1-6H3/t24-,25-,26-,27+,28-,32+,33-,34+/m0/s1. The van der Waals surface area contributed by atoms with Gasteiger partial charge >= 0.3 is 29.8 Å². The topological polar surface area (TPSA) is 174 Å². The minimum atomic E-state index is -2.05. The highest BCUT2D eigenvalue weighted by atomic mass is 16.6. The molecular formula is C34H39NO12. The maximum absolute atomic E-state index is 13.8. The van der Waals surface area contributed by atoms with Crippen LogP contribution >= 0.6 is 0 Å². The summed E-state index contributed by atoms with van der Waals surface area (Å²) in [4.78, 5) is 69.3. The van der Waals surface area contributed by atoms with Crippen LogP contribution in [0.4, 0.5) is 0 Å². The number of hydrogen-bond acceptors (Lipinski definition) is 13. The Labute approximate surface area is 271 Å². The van der Waals surface area contributed by atoms with Crippen LogP contribution in [0.2, 0.25) is 0 Å².